The molecule has 21 heavy (non-hydrogen) atoms. The summed E-state index contributed by atoms with van der Waals surface area (Å²) in [6.45, 7) is 7.00. The summed E-state index contributed by atoms with van der Waals surface area (Å²) in [6, 6.07) is 0. The molecule has 0 radical (unpaired) electrons. The van der Waals surface area contributed by atoms with Gasteiger partial charge in [0.05, 0.1) is 0 Å². The van der Waals surface area contributed by atoms with Crippen LogP contribution in [-0.2, 0) is 4.79 Å². The molecule has 1 aliphatic rings. The van der Waals surface area contributed by atoms with Crippen LogP contribution in [0.3, 0.4) is 0 Å². The molecule has 0 spiro atoms. The van der Waals surface area contributed by atoms with Crippen LogP contribution in [0.2, 0.25) is 0 Å². The lowest BCUT2D eigenvalue weighted by Crippen LogP contribution is -2.39. The third-order valence-corrected chi connectivity index (χ3v) is 4.26. The van der Waals surface area contributed by atoms with Gasteiger partial charge in [0.15, 0.2) is 0 Å². The molecule has 0 heterocycles. The van der Waals surface area contributed by atoms with Gasteiger partial charge in [-0.25, -0.2) is 0 Å². The van der Waals surface area contributed by atoms with E-state index in [-0.39, 0.29) is 11.3 Å². The zero-order valence-electron chi connectivity index (χ0n) is 13.7. The Bertz CT molecular complexity index is 452. The molecule has 2 nitrogen and oxygen atoms in total. The zero-order valence-corrected chi connectivity index (χ0v) is 13.7. The molecule has 1 unspecified atom stereocenters. The topological polar surface area (TPSA) is 29.1 Å². The van der Waals surface area contributed by atoms with Gasteiger partial charge in [0, 0.05) is 12.0 Å². The molecular weight excluding hydrogens is 258 g/mol. The maximum absolute atomic E-state index is 12.5. The number of carbonyl (C=O) groups is 1. The van der Waals surface area contributed by atoms with Gasteiger partial charge in [0.1, 0.15) is 0 Å². The lowest BCUT2D eigenvalue weighted by atomic mass is 9.81. The van der Waals surface area contributed by atoms with E-state index in [9.17, 15) is 4.79 Å². The summed E-state index contributed by atoms with van der Waals surface area (Å²) < 4.78 is 0. The number of amides is 1. The minimum absolute atomic E-state index is 0.178. The fourth-order valence-corrected chi connectivity index (χ4v) is 2.40. The molecule has 0 saturated heterocycles. The summed E-state index contributed by atoms with van der Waals surface area (Å²) >= 11 is 0. The lowest BCUT2D eigenvalue weighted by Gasteiger charge is -2.27. The highest BCUT2D eigenvalue weighted by atomic mass is 16.2. The molecular formula is C19H29NO. The Morgan fingerprint density at radius 1 is 1.24 bits per heavy atom. The normalized spacial score (nSPS) is 16.2. The molecule has 0 aromatic rings. The van der Waals surface area contributed by atoms with Gasteiger partial charge < -0.3 is 5.32 Å². The summed E-state index contributed by atoms with van der Waals surface area (Å²) in [5, 5.41) is 3.09. The Morgan fingerprint density at radius 3 is 2.76 bits per heavy atom. The van der Waals surface area contributed by atoms with Crippen LogP contribution >= 0.6 is 0 Å². The molecule has 1 atom stereocenters. The average Bonchev–Trinajstić information content (AvgIpc) is 2.77. The smallest absolute Gasteiger partial charge is 0.226 e. The van der Waals surface area contributed by atoms with Crippen LogP contribution in [0.4, 0.5) is 0 Å². The second kappa shape index (κ2) is 9.41. The van der Waals surface area contributed by atoms with Crippen molar-refractivity contribution in [3.05, 3.63) is 41.7 Å². The fraction of sp³-hybridized carbons (Fsp3) is 0.579. The molecule has 116 valence electrons. The highest BCUT2D eigenvalue weighted by Crippen LogP contribution is 2.29. The molecule has 1 rings (SSSR count). The third-order valence-electron chi connectivity index (χ3n) is 4.26. The second-order valence-corrected chi connectivity index (χ2v) is 6.01. The molecule has 0 aromatic carbocycles. The predicted molar refractivity (Wildman–Crippen MR) is 90.0 cm³/mol. The Balaban J connectivity index is 2.46. The van der Waals surface area contributed by atoms with Crippen LogP contribution in [0.15, 0.2) is 41.7 Å². The summed E-state index contributed by atoms with van der Waals surface area (Å²) in [5.74, 6) is 0.178. The van der Waals surface area contributed by atoms with E-state index < -0.39 is 0 Å². The largest absolute Gasteiger partial charge is 0.352 e. The second-order valence-electron chi connectivity index (χ2n) is 6.01. The van der Waals surface area contributed by atoms with E-state index in [0.717, 1.165) is 24.8 Å². The highest BCUT2D eigenvalue weighted by Gasteiger charge is 2.30. The van der Waals surface area contributed by atoms with Crippen molar-refractivity contribution in [1.82, 2.24) is 5.32 Å². The van der Waals surface area contributed by atoms with Crippen LogP contribution in [0.5, 0.6) is 0 Å². The van der Waals surface area contributed by atoms with Crippen LogP contribution in [0.25, 0.3) is 0 Å². The van der Waals surface area contributed by atoms with Gasteiger partial charge in [0.2, 0.25) is 5.91 Å². The molecule has 0 saturated carbocycles. The standard InChI is InChI=1S/C19H29NO/c1-4-6-7-12-15-19(3,5-2)18(21)20-16-17-13-10-8-9-11-14-17/h8,10-11,13-14H,4-7,12,15-16H2,1-3H3,(H,20,21). The number of rotatable bonds is 9. The molecule has 0 bridgehead atoms. The first-order valence-electron chi connectivity index (χ1n) is 8.19. The summed E-state index contributed by atoms with van der Waals surface area (Å²) in [4.78, 5) is 12.5. The van der Waals surface area contributed by atoms with Crippen molar-refractivity contribution in [2.45, 2.75) is 59.3 Å². The third kappa shape index (κ3) is 6.18. The van der Waals surface area contributed by atoms with Gasteiger partial charge in [-0.1, -0.05) is 58.6 Å². The minimum atomic E-state index is -0.239. The fourth-order valence-electron chi connectivity index (χ4n) is 2.40. The number of hydrogen-bond acceptors (Lipinski definition) is 1. The van der Waals surface area contributed by atoms with Crippen molar-refractivity contribution in [2.24, 2.45) is 5.41 Å². The minimum Gasteiger partial charge on any atom is -0.352 e. The first kappa shape index (κ1) is 17.5. The van der Waals surface area contributed by atoms with E-state index in [0.29, 0.717) is 6.54 Å². The Labute approximate surface area is 129 Å². The first-order chi connectivity index (χ1) is 10.1. The van der Waals surface area contributed by atoms with Crippen LogP contribution in [0.1, 0.15) is 59.3 Å². The number of hydrogen-bond donors (Lipinski definition) is 1. The van der Waals surface area contributed by atoms with E-state index in [1.54, 1.807) is 0 Å². The van der Waals surface area contributed by atoms with Gasteiger partial charge in [-0.3, -0.25) is 4.79 Å². The van der Waals surface area contributed by atoms with Gasteiger partial charge in [0.25, 0.3) is 0 Å². The molecule has 0 aromatic heterocycles. The van der Waals surface area contributed by atoms with Crippen molar-refractivity contribution in [2.75, 3.05) is 6.54 Å². The van der Waals surface area contributed by atoms with Crippen LogP contribution in [-0.4, -0.2) is 12.5 Å². The molecule has 1 amide bonds. The van der Waals surface area contributed by atoms with Crippen molar-refractivity contribution in [3.8, 4) is 0 Å². The van der Waals surface area contributed by atoms with Crippen LogP contribution in [0, 0.1) is 5.41 Å². The lowest BCUT2D eigenvalue weighted by molar-refractivity contribution is -0.130. The van der Waals surface area contributed by atoms with Crippen molar-refractivity contribution in [1.29, 1.82) is 0 Å². The molecule has 1 N–H and O–H groups in total. The maximum Gasteiger partial charge on any atom is 0.226 e. The summed E-state index contributed by atoms with van der Waals surface area (Å²) in [7, 11) is 0. The Kier molecular flexibility index (Phi) is 7.85. The average molecular weight is 287 g/mol. The van der Waals surface area contributed by atoms with E-state index in [1.807, 2.05) is 30.4 Å². The van der Waals surface area contributed by atoms with E-state index >= 15 is 0 Å². The van der Waals surface area contributed by atoms with E-state index in [2.05, 4.69) is 31.8 Å². The van der Waals surface area contributed by atoms with Crippen molar-refractivity contribution < 1.29 is 4.79 Å². The molecule has 2 heteroatoms. The first-order valence-corrected chi connectivity index (χ1v) is 8.19. The summed E-state index contributed by atoms with van der Waals surface area (Å²) in [6.07, 6.45) is 16.4. The van der Waals surface area contributed by atoms with E-state index in [4.69, 9.17) is 0 Å². The number of unbranched alkanes of at least 4 members (excludes halogenated alkanes) is 3. The monoisotopic (exact) mass is 287 g/mol. The van der Waals surface area contributed by atoms with Gasteiger partial charge in [-0.05, 0) is 36.6 Å². The van der Waals surface area contributed by atoms with Crippen molar-refractivity contribution in [3.63, 3.8) is 0 Å². The van der Waals surface area contributed by atoms with Crippen LogP contribution < -0.4 is 5.32 Å². The number of carbonyl (C=O) groups excluding carboxylic acids is 1. The van der Waals surface area contributed by atoms with Gasteiger partial charge >= 0.3 is 0 Å². The predicted octanol–water partition coefficient (Wildman–Crippen LogP) is 4.70. The van der Waals surface area contributed by atoms with Crippen molar-refractivity contribution >= 4 is 5.91 Å². The SMILES string of the molecule is CCCCCCC(C)(CC)C(=O)NCC1=CC=C=CC=C1. The van der Waals surface area contributed by atoms with Gasteiger partial charge in [-0.15, -0.1) is 5.73 Å². The quantitative estimate of drug-likeness (QED) is 0.483. The van der Waals surface area contributed by atoms with Gasteiger partial charge in [-0.2, -0.15) is 0 Å². The molecule has 0 fully saturated rings. The maximum atomic E-state index is 12.5. The van der Waals surface area contributed by atoms with E-state index in [1.165, 1.54) is 19.3 Å². The Hall–Kier alpha value is -1.53. The number of allylic oxidation sites excluding steroid dienone is 3. The Morgan fingerprint density at radius 2 is 2.05 bits per heavy atom. The molecule has 0 aliphatic heterocycles. The molecule has 1 aliphatic carbocycles. The summed E-state index contributed by atoms with van der Waals surface area (Å²) in [5.41, 5.74) is 3.89. The zero-order chi connectivity index (χ0) is 15.6. The highest BCUT2D eigenvalue weighted by molar-refractivity contribution is 5.82. The number of nitrogens with one attached hydrogen (secondary N) is 1.